The minimum Gasteiger partial charge on any atom is -0.459 e. The maximum absolute atomic E-state index is 6.37. The summed E-state index contributed by atoms with van der Waals surface area (Å²) in [6.45, 7) is 2.89. The molecule has 1 atom stereocenters. The van der Waals surface area contributed by atoms with Crippen LogP contribution in [0, 0.1) is 0 Å². The van der Waals surface area contributed by atoms with Gasteiger partial charge < -0.3 is 9.73 Å². The lowest BCUT2D eigenvalue weighted by atomic mass is 10.0. The monoisotopic (exact) mass is 363 g/mol. The van der Waals surface area contributed by atoms with Gasteiger partial charge in [0.05, 0.1) is 6.04 Å². The number of benzene rings is 2. The van der Waals surface area contributed by atoms with Crippen molar-refractivity contribution in [3.05, 3.63) is 69.3 Å². The molecule has 0 amide bonds. The Bertz CT molecular complexity index is 735. The molecule has 0 fully saturated rings. The summed E-state index contributed by atoms with van der Waals surface area (Å²) in [6, 6.07) is 15.9. The van der Waals surface area contributed by atoms with Gasteiger partial charge in [-0.2, -0.15) is 0 Å². The highest BCUT2D eigenvalue weighted by Gasteiger charge is 2.20. The Morgan fingerprint density at radius 1 is 1.19 bits per heavy atom. The molecule has 0 radical (unpaired) electrons. The highest BCUT2D eigenvalue weighted by molar-refractivity contribution is 9.10. The van der Waals surface area contributed by atoms with Crippen LogP contribution in [0.4, 0.5) is 0 Å². The second-order valence-corrected chi connectivity index (χ2v) is 6.17. The average molecular weight is 365 g/mol. The van der Waals surface area contributed by atoms with Crippen LogP contribution >= 0.6 is 27.5 Å². The van der Waals surface area contributed by atoms with E-state index in [0.717, 1.165) is 38.3 Å². The summed E-state index contributed by atoms with van der Waals surface area (Å²) < 4.78 is 7.00. The van der Waals surface area contributed by atoms with Crippen LogP contribution in [0.5, 0.6) is 0 Å². The van der Waals surface area contributed by atoms with Gasteiger partial charge in [-0.25, -0.2) is 0 Å². The maximum atomic E-state index is 6.37. The quantitative estimate of drug-likeness (QED) is 0.657. The van der Waals surface area contributed by atoms with Gasteiger partial charge >= 0.3 is 0 Å². The number of furan rings is 1. The average Bonchev–Trinajstić information content (AvgIpc) is 2.91. The molecule has 0 aliphatic heterocycles. The van der Waals surface area contributed by atoms with Crippen LogP contribution in [0.25, 0.3) is 11.0 Å². The minimum atomic E-state index is -0.0626. The first-order chi connectivity index (χ1) is 10.2. The predicted octanol–water partition coefficient (Wildman–Crippen LogP) is 5.55. The van der Waals surface area contributed by atoms with Crippen molar-refractivity contribution in [2.75, 3.05) is 6.54 Å². The van der Waals surface area contributed by atoms with Crippen LogP contribution in [0.1, 0.15) is 24.3 Å². The molecule has 0 saturated carbocycles. The molecule has 1 heterocycles. The van der Waals surface area contributed by atoms with E-state index in [1.165, 1.54) is 0 Å². The van der Waals surface area contributed by atoms with Gasteiger partial charge in [-0.1, -0.05) is 52.7 Å². The summed E-state index contributed by atoms with van der Waals surface area (Å²) in [4.78, 5) is 0. The van der Waals surface area contributed by atoms with Crippen LogP contribution in [-0.2, 0) is 0 Å². The summed E-state index contributed by atoms with van der Waals surface area (Å²) in [7, 11) is 0. The molecule has 0 spiro atoms. The summed E-state index contributed by atoms with van der Waals surface area (Å²) in [5, 5.41) is 5.27. The molecule has 108 valence electrons. The van der Waals surface area contributed by atoms with Gasteiger partial charge in [0.1, 0.15) is 11.3 Å². The first kappa shape index (κ1) is 14.6. The van der Waals surface area contributed by atoms with Crippen molar-refractivity contribution >= 4 is 38.5 Å². The number of hydrogen-bond donors (Lipinski definition) is 1. The fourth-order valence-corrected chi connectivity index (χ4v) is 3.05. The third-order valence-corrected chi connectivity index (χ3v) is 4.24. The highest BCUT2D eigenvalue weighted by Crippen LogP contribution is 2.33. The second-order valence-electron chi connectivity index (χ2n) is 4.84. The van der Waals surface area contributed by atoms with Crippen molar-refractivity contribution in [3.63, 3.8) is 0 Å². The molecule has 3 rings (SSSR count). The lowest BCUT2D eigenvalue weighted by Gasteiger charge is -2.17. The van der Waals surface area contributed by atoms with E-state index in [-0.39, 0.29) is 6.04 Å². The summed E-state index contributed by atoms with van der Waals surface area (Å²) in [6.07, 6.45) is 0. The standard InChI is InChI=1S/C17H15BrClNO/c1-2-20-17(13-10-12(18)7-8-14(13)19)16-9-11-5-3-4-6-15(11)21-16/h3-10,17,20H,2H2,1H3. The maximum Gasteiger partial charge on any atom is 0.134 e. The molecule has 2 aromatic carbocycles. The number of hydrogen-bond acceptors (Lipinski definition) is 2. The van der Waals surface area contributed by atoms with Crippen LogP contribution in [0.15, 0.2) is 57.4 Å². The molecular weight excluding hydrogens is 350 g/mol. The zero-order chi connectivity index (χ0) is 14.8. The van der Waals surface area contributed by atoms with Gasteiger partial charge in [-0.05, 0) is 42.4 Å². The normalized spacial score (nSPS) is 12.7. The molecule has 0 aliphatic rings. The number of rotatable bonds is 4. The van der Waals surface area contributed by atoms with Crippen molar-refractivity contribution in [2.45, 2.75) is 13.0 Å². The van der Waals surface area contributed by atoms with E-state index >= 15 is 0 Å². The van der Waals surface area contributed by atoms with E-state index in [1.807, 2.05) is 42.5 Å². The second kappa shape index (κ2) is 6.22. The van der Waals surface area contributed by atoms with Gasteiger partial charge in [-0.3, -0.25) is 0 Å². The number of fused-ring (bicyclic) bond motifs is 1. The van der Waals surface area contributed by atoms with E-state index in [2.05, 4.69) is 34.2 Å². The minimum absolute atomic E-state index is 0.0626. The molecule has 1 N–H and O–H groups in total. The highest BCUT2D eigenvalue weighted by atomic mass is 79.9. The third-order valence-electron chi connectivity index (χ3n) is 3.41. The van der Waals surface area contributed by atoms with Gasteiger partial charge in [0.25, 0.3) is 0 Å². The van der Waals surface area contributed by atoms with Crippen molar-refractivity contribution < 1.29 is 4.42 Å². The van der Waals surface area contributed by atoms with Crippen molar-refractivity contribution in [1.82, 2.24) is 5.32 Å². The molecule has 0 bridgehead atoms. The van der Waals surface area contributed by atoms with Gasteiger partial charge in [0.15, 0.2) is 0 Å². The van der Waals surface area contributed by atoms with E-state index in [4.69, 9.17) is 16.0 Å². The van der Waals surface area contributed by atoms with E-state index in [9.17, 15) is 0 Å². The fourth-order valence-electron chi connectivity index (χ4n) is 2.45. The van der Waals surface area contributed by atoms with Crippen LogP contribution < -0.4 is 5.32 Å². The van der Waals surface area contributed by atoms with Crippen LogP contribution in [-0.4, -0.2) is 6.54 Å². The summed E-state index contributed by atoms with van der Waals surface area (Å²) in [5.41, 5.74) is 1.90. The molecule has 2 nitrogen and oxygen atoms in total. The van der Waals surface area contributed by atoms with Crippen LogP contribution in [0.3, 0.4) is 0 Å². The molecule has 0 saturated heterocycles. The van der Waals surface area contributed by atoms with Crippen molar-refractivity contribution in [2.24, 2.45) is 0 Å². The topological polar surface area (TPSA) is 25.2 Å². The zero-order valence-corrected chi connectivity index (χ0v) is 13.9. The van der Waals surface area contributed by atoms with Crippen molar-refractivity contribution in [1.29, 1.82) is 0 Å². The number of para-hydroxylation sites is 1. The Morgan fingerprint density at radius 3 is 2.76 bits per heavy atom. The first-order valence-corrected chi connectivity index (χ1v) is 8.03. The van der Waals surface area contributed by atoms with Gasteiger partial charge in [-0.15, -0.1) is 0 Å². The lowest BCUT2D eigenvalue weighted by molar-refractivity contribution is 0.477. The Kier molecular flexibility index (Phi) is 4.34. The smallest absolute Gasteiger partial charge is 0.134 e. The third kappa shape index (κ3) is 3.00. The lowest BCUT2D eigenvalue weighted by Crippen LogP contribution is -2.21. The summed E-state index contributed by atoms with van der Waals surface area (Å²) >= 11 is 9.88. The first-order valence-electron chi connectivity index (χ1n) is 6.86. The predicted molar refractivity (Wildman–Crippen MR) is 90.9 cm³/mol. The largest absolute Gasteiger partial charge is 0.459 e. The Labute approximate surface area is 137 Å². The van der Waals surface area contributed by atoms with Crippen molar-refractivity contribution in [3.8, 4) is 0 Å². The van der Waals surface area contributed by atoms with E-state index < -0.39 is 0 Å². The molecule has 1 aromatic heterocycles. The number of halogens is 2. The zero-order valence-electron chi connectivity index (χ0n) is 11.6. The Hall–Kier alpha value is -1.29. The summed E-state index contributed by atoms with van der Waals surface area (Å²) in [5.74, 6) is 0.873. The molecular formula is C17H15BrClNO. The van der Waals surface area contributed by atoms with Gasteiger partial charge in [0.2, 0.25) is 0 Å². The molecule has 4 heteroatoms. The number of nitrogens with one attached hydrogen (secondary N) is 1. The van der Waals surface area contributed by atoms with E-state index in [1.54, 1.807) is 0 Å². The van der Waals surface area contributed by atoms with E-state index in [0.29, 0.717) is 0 Å². The molecule has 1 unspecified atom stereocenters. The Balaban J connectivity index is 2.10. The van der Waals surface area contributed by atoms with Crippen LogP contribution in [0.2, 0.25) is 5.02 Å². The molecule has 0 aliphatic carbocycles. The molecule has 21 heavy (non-hydrogen) atoms. The fraction of sp³-hybridized carbons (Fsp3) is 0.176. The SMILES string of the molecule is CCNC(c1cc2ccccc2o1)c1cc(Br)ccc1Cl. The van der Waals surface area contributed by atoms with Gasteiger partial charge in [0, 0.05) is 14.9 Å². The Morgan fingerprint density at radius 2 is 2.00 bits per heavy atom. The molecule has 3 aromatic rings.